The molecule has 10 atom stereocenters. The quantitative estimate of drug-likeness (QED) is 0.173. The highest BCUT2D eigenvalue weighted by Gasteiger charge is 2.61. The van der Waals surface area contributed by atoms with Gasteiger partial charge in [-0.05, 0) is 13.8 Å². The van der Waals surface area contributed by atoms with Crippen molar-refractivity contribution in [2.75, 3.05) is 20.3 Å². The van der Waals surface area contributed by atoms with Gasteiger partial charge in [-0.15, -0.1) is 0 Å². The summed E-state index contributed by atoms with van der Waals surface area (Å²) in [6, 6.07) is -1.45. The SMILES string of the molecule is COC(=O)[C@@]1(OC[C@H]2O[C@@H](n3cc(F)c(=O)[nH]c3=O)[C@@H]3OC(C)(C)O[C@@H]32)C[C@H](OC(C)=O)[C@@H](NC(C)=O)[C@H](C(OC(C)=O)C(COC(C)=O)OC(C)=O)O1. The fourth-order valence-electron chi connectivity index (χ4n) is 6.43. The molecular formula is C32H42FN3O18. The molecule has 54 heavy (non-hydrogen) atoms. The summed E-state index contributed by atoms with van der Waals surface area (Å²) in [5, 5.41) is 2.55. The maximum absolute atomic E-state index is 14.3. The molecule has 0 radical (unpaired) electrons. The van der Waals surface area contributed by atoms with Gasteiger partial charge in [-0.2, -0.15) is 4.39 Å². The third-order valence-electron chi connectivity index (χ3n) is 8.30. The average Bonchev–Trinajstić information content (AvgIpc) is 3.55. The minimum absolute atomic E-state index is 0.627. The molecule has 2 N–H and O–H groups in total. The molecule has 3 aliphatic rings. The van der Waals surface area contributed by atoms with Gasteiger partial charge in [-0.3, -0.25) is 38.3 Å². The number of hydrogen-bond donors (Lipinski definition) is 2. The predicted octanol–water partition coefficient (Wildman–Crippen LogP) is -1.37. The molecule has 3 fully saturated rings. The molecule has 0 aliphatic carbocycles. The van der Waals surface area contributed by atoms with Gasteiger partial charge in [0.15, 0.2) is 24.2 Å². The monoisotopic (exact) mass is 775 g/mol. The first-order chi connectivity index (χ1) is 25.2. The van der Waals surface area contributed by atoms with Gasteiger partial charge in [0, 0.05) is 34.6 Å². The number of nitrogens with zero attached hydrogens (tertiary/aromatic N) is 1. The standard InChI is InChI=1S/C32H42FN3O18/c1-13(37)34-22-19(48-15(3)39)9-32(29(43)45-8,54-25(22)23(50-17(5)41)20(49-16(4)40)11-46-14(2)38)47-12-21-24-26(53-31(6,7)52-24)28(51-21)36-10-18(33)27(42)35-30(36)44/h10,19-26,28H,9,11-12H2,1-8H3,(H,34,37)(H,35,42,44)/t19-,20?,21+,22+,23?,24+,25+,26+,28+,32+/m0/s1. The van der Waals surface area contributed by atoms with E-state index >= 15 is 0 Å². The maximum atomic E-state index is 14.3. The second-order valence-corrected chi connectivity index (χ2v) is 13.0. The van der Waals surface area contributed by atoms with Crippen LogP contribution in [0.2, 0.25) is 0 Å². The normalized spacial score (nSPS) is 29.5. The zero-order valence-electron chi connectivity index (χ0n) is 30.6. The van der Waals surface area contributed by atoms with Gasteiger partial charge in [0.2, 0.25) is 11.7 Å². The molecule has 0 spiro atoms. The molecular weight excluding hydrogens is 733 g/mol. The van der Waals surface area contributed by atoms with Crippen LogP contribution in [0.5, 0.6) is 0 Å². The lowest BCUT2D eigenvalue weighted by molar-refractivity contribution is -0.321. The molecule has 4 rings (SSSR count). The Balaban J connectivity index is 1.80. The number of esters is 5. The fourth-order valence-corrected chi connectivity index (χ4v) is 6.43. The lowest BCUT2D eigenvalue weighted by Gasteiger charge is -2.48. The third-order valence-corrected chi connectivity index (χ3v) is 8.30. The molecule has 1 aromatic heterocycles. The van der Waals surface area contributed by atoms with Gasteiger partial charge >= 0.3 is 35.5 Å². The number of amides is 1. The number of hydrogen-bond acceptors (Lipinski definition) is 18. The number of carbonyl (C=O) groups is 6. The molecule has 1 aromatic rings. The summed E-state index contributed by atoms with van der Waals surface area (Å²) in [6.07, 6.45) is -11.5. The molecule has 4 heterocycles. The van der Waals surface area contributed by atoms with E-state index in [9.17, 15) is 42.7 Å². The van der Waals surface area contributed by atoms with Crippen LogP contribution in [-0.4, -0.2) is 126 Å². The van der Waals surface area contributed by atoms with Gasteiger partial charge < -0.3 is 52.7 Å². The van der Waals surface area contributed by atoms with E-state index in [4.69, 9.17) is 47.4 Å². The van der Waals surface area contributed by atoms with Crippen molar-refractivity contribution >= 4 is 35.8 Å². The van der Waals surface area contributed by atoms with E-state index < -0.39 is 139 Å². The molecule has 0 aromatic carbocycles. The van der Waals surface area contributed by atoms with Crippen LogP contribution in [-0.2, 0) is 76.1 Å². The van der Waals surface area contributed by atoms with Crippen molar-refractivity contribution in [2.24, 2.45) is 0 Å². The Labute approximate surface area is 305 Å². The molecule has 0 saturated carbocycles. The summed E-state index contributed by atoms with van der Waals surface area (Å²) in [6.45, 7) is 6.96. The van der Waals surface area contributed by atoms with E-state index in [1.165, 1.54) is 0 Å². The Morgan fingerprint density at radius 2 is 1.61 bits per heavy atom. The third kappa shape index (κ3) is 9.66. The number of ether oxygens (including phenoxy) is 10. The van der Waals surface area contributed by atoms with Gasteiger partial charge in [0.05, 0.1) is 32.4 Å². The lowest BCUT2D eigenvalue weighted by Crippen LogP contribution is -2.69. The molecule has 3 aliphatic heterocycles. The summed E-state index contributed by atoms with van der Waals surface area (Å²) in [7, 11) is 0.976. The van der Waals surface area contributed by atoms with Crippen molar-refractivity contribution in [3.05, 3.63) is 32.9 Å². The topological polar surface area (TPSA) is 262 Å². The Kier molecular flexibility index (Phi) is 13.0. The van der Waals surface area contributed by atoms with Gasteiger partial charge in [0.25, 0.3) is 11.3 Å². The van der Waals surface area contributed by atoms with Gasteiger partial charge in [-0.25, -0.2) is 9.59 Å². The summed E-state index contributed by atoms with van der Waals surface area (Å²) < 4.78 is 72.0. The number of H-pyrrole nitrogens is 1. The summed E-state index contributed by atoms with van der Waals surface area (Å²) >= 11 is 0. The number of carbonyl (C=O) groups excluding carboxylic acids is 6. The number of rotatable bonds is 13. The van der Waals surface area contributed by atoms with Crippen LogP contribution in [0, 0.1) is 5.82 Å². The molecule has 0 bridgehead atoms. The Bertz CT molecular complexity index is 1750. The number of halogens is 1. The lowest BCUT2D eigenvalue weighted by atomic mass is 9.88. The van der Waals surface area contributed by atoms with Crippen molar-refractivity contribution in [1.82, 2.24) is 14.9 Å². The smallest absolute Gasteiger partial charge is 0.366 e. The Hall–Kier alpha value is -4.77. The molecule has 3 saturated heterocycles. The molecule has 22 heteroatoms. The van der Waals surface area contributed by atoms with Crippen molar-refractivity contribution in [3.63, 3.8) is 0 Å². The minimum Gasteiger partial charge on any atom is -0.465 e. The van der Waals surface area contributed by atoms with Crippen LogP contribution < -0.4 is 16.6 Å². The van der Waals surface area contributed by atoms with E-state index in [2.05, 4.69) is 5.32 Å². The van der Waals surface area contributed by atoms with Crippen molar-refractivity contribution in [1.29, 1.82) is 0 Å². The van der Waals surface area contributed by atoms with E-state index in [0.717, 1.165) is 46.3 Å². The second kappa shape index (κ2) is 16.7. The number of aromatic nitrogens is 2. The van der Waals surface area contributed by atoms with E-state index in [1.807, 2.05) is 4.98 Å². The first-order valence-corrected chi connectivity index (χ1v) is 16.5. The van der Waals surface area contributed by atoms with Crippen LogP contribution in [0.25, 0.3) is 0 Å². The van der Waals surface area contributed by atoms with Crippen LogP contribution in [0.3, 0.4) is 0 Å². The van der Waals surface area contributed by atoms with Crippen molar-refractivity contribution < 1.29 is 80.5 Å². The van der Waals surface area contributed by atoms with Crippen LogP contribution >= 0.6 is 0 Å². The summed E-state index contributed by atoms with van der Waals surface area (Å²) in [5.41, 5.74) is -2.31. The molecule has 1 amide bonds. The molecule has 21 nitrogen and oxygen atoms in total. The summed E-state index contributed by atoms with van der Waals surface area (Å²) in [5.74, 6) is -10.7. The van der Waals surface area contributed by atoms with Crippen LogP contribution in [0.4, 0.5) is 4.39 Å². The Morgan fingerprint density at radius 1 is 0.963 bits per heavy atom. The molecule has 300 valence electrons. The van der Waals surface area contributed by atoms with E-state index in [1.54, 1.807) is 13.8 Å². The average molecular weight is 776 g/mol. The summed E-state index contributed by atoms with van der Waals surface area (Å²) in [4.78, 5) is 101. The predicted molar refractivity (Wildman–Crippen MR) is 170 cm³/mol. The highest BCUT2D eigenvalue weighted by Crippen LogP contribution is 2.44. The number of aromatic amines is 1. The number of fused-ring (bicyclic) bond motifs is 1. The van der Waals surface area contributed by atoms with E-state index in [-0.39, 0.29) is 0 Å². The first kappa shape index (κ1) is 42.0. The fraction of sp³-hybridized carbons (Fsp3) is 0.688. The van der Waals surface area contributed by atoms with Crippen LogP contribution in [0.15, 0.2) is 15.8 Å². The van der Waals surface area contributed by atoms with Crippen molar-refractivity contribution in [3.8, 4) is 0 Å². The zero-order valence-corrected chi connectivity index (χ0v) is 30.6. The maximum Gasteiger partial charge on any atom is 0.366 e. The first-order valence-electron chi connectivity index (χ1n) is 16.5. The molecule has 2 unspecified atom stereocenters. The van der Waals surface area contributed by atoms with Crippen LogP contribution in [0.1, 0.15) is 61.1 Å². The number of methoxy groups -OCH3 is 1. The Morgan fingerprint density at radius 3 is 2.19 bits per heavy atom. The van der Waals surface area contributed by atoms with E-state index in [0.29, 0.717) is 6.20 Å². The highest BCUT2D eigenvalue weighted by atomic mass is 19.1. The largest absolute Gasteiger partial charge is 0.465 e. The second-order valence-electron chi connectivity index (χ2n) is 13.0. The van der Waals surface area contributed by atoms with Crippen molar-refractivity contribution in [2.45, 2.75) is 121 Å². The zero-order chi connectivity index (χ0) is 40.3. The van der Waals surface area contributed by atoms with Gasteiger partial charge in [-0.1, -0.05) is 0 Å². The highest BCUT2D eigenvalue weighted by molar-refractivity contribution is 5.79. The minimum atomic E-state index is -2.60. The number of nitrogens with one attached hydrogen (secondary N) is 2. The van der Waals surface area contributed by atoms with Gasteiger partial charge in [0.1, 0.15) is 37.1 Å².